The van der Waals surface area contributed by atoms with Gasteiger partial charge in [-0.1, -0.05) is 12.1 Å². The summed E-state index contributed by atoms with van der Waals surface area (Å²) in [6.45, 7) is -1.36. The summed E-state index contributed by atoms with van der Waals surface area (Å²) in [4.78, 5) is 44.7. The second kappa shape index (κ2) is 9.16. The van der Waals surface area contributed by atoms with E-state index < -0.39 is 53.2 Å². The molecule has 0 radical (unpaired) electrons. The summed E-state index contributed by atoms with van der Waals surface area (Å²) < 4.78 is 31.3. The van der Waals surface area contributed by atoms with Gasteiger partial charge in [0.2, 0.25) is 5.82 Å². The Labute approximate surface area is 156 Å². The van der Waals surface area contributed by atoms with E-state index >= 15 is 0 Å². The minimum Gasteiger partial charge on any atom is -0.454 e. The molecule has 2 N–H and O–H groups in total. The average Bonchev–Trinajstić information content (AvgIpc) is 2.66. The summed E-state index contributed by atoms with van der Waals surface area (Å²) in [5.41, 5.74) is -1.15. The van der Waals surface area contributed by atoms with E-state index in [9.17, 15) is 33.3 Å². The van der Waals surface area contributed by atoms with Crippen LogP contribution in [0, 0.1) is 21.7 Å². The van der Waals surface area contributed by atoms with Crippen molar-refractivity contribution in [2.75, 3.05) is 18.5 Å². The zero-order valence-electron chi connectivity index (χ0n) is 14.1. The zero-order valence-corrected chi connectivity index (χ0v) is 14.1. The summed E-state index contributed by atoms with van der Waals surface area (Å²) in [6, 6.07) is 7.86. The summed E-state index contributed by atoms with van der Waals surface area (Å²) in [5.74, 6) is -4.47. The predicted molar refractivity (Wildman–Crippen MR) is 91.4 cm³/mol. The lowest BCUT2D eigenvalue weighted by atomic mass is 10.2. The first-order valence-corrected chi connectivity index (χ1v) is 7.70. The Morgan fingerprint density at radius 1 is 1.07 bits per heavy atom. The fraction of sp³-hybridized carbons (Fsp3) is 0.118. The van der Waals surface area contributed by atoms with Crippen molar-refractivity contribution in [3.8, 4) is 0 Å². The number of nitro benzene ring substituents is 1. The van der Waals surface area contributed by atoms with Gasteiger partial charge in [-0.25, -0.2) is 4.39 Å². The number of amides is 2. The van der Waals surface area contributed by atoms with Gasteiger partial charge in [-0.15, -0.1) is 0 Å². The van der Waals surface area contributed by atoms with Gasteiger partial charge in [0.05, 0.1) is 10.5 Å². The molecule has 0 saturated carbocycles. The van der Waals surface area contributed by atoms with E-state index in [-0.39, 0.29) is 11.3 Å². The zero-order chi connectivity index (χ0) is 20.7. The van der Waals surface area contributed by atoms with E-state index in [1.54, 1.807) is 0 Å². The van der Waals surface area contributed by atoms with Crippen LogP contribution in [0.4, 0.5) is 20.2 Å². The molecule has 0 aliphatic heterocycles. The first-order chi connectivity index (χ1) is 13.3. The minimum absolute atomic E-state index is 0.0676. The molecule has 0 aliphatic rings. The topological polar surface area (TPSA) is 128 Å². The van der Waals surface area contributed by atoms with Gasteiger partial charge < -0.3 is 15.4 Å². The number of carbonyl (C=O) groups excluding carboxylic acids is 3. The number of anilines is 1. The van der Waals surface area contributed by atoms with Crippen molar-refractivity contribution in [3.63, 3.8) is 0 Å². The van der Waals surface area contributed by atoms with Crippen LogP contribution in [0.5, 0.6) is 0 Å². The first-order valence-electron chi connectivity index (χ1n) is 7.70. The lowest BCUT2D eigenvalue weighted by Gasteiger charge is -2.08. The Morgan fingerprint density at radius 3 is 2.46 bits per heavy atom. The lowest BCUT2D eigenvalue weighted by Crippen LogP contribution is -2.32. The molecule has 0 saturated heterocycles. The molecule has 2 aromatic rings. The van der Waals surface area contributed by atoms with Crippen LogP contribution in [0.1, 0.15) is 10.4 Å². The molecule has 146 valence electrons. The molecule has 0 atom stereocenters. The van der Waals surface area contributed by atoms with E-state index in [1.165, 1.54) is 18.2 Å². The number of benzene rings is 2. The van der Waals surface area contributed by atoms with Gasteiger partial charge in [0.15, 0.2) is 6.61 Å². The number of rotatable bonds is 7. The average molecular weight is 393 g/mol. The van der Waals surface area contributed by atoms with Crippen molar-refractivity contribution in [3.05, 3.63) is 69.8 Å². The van der Waals surface area contributed by atoms with Crippen LogP contribution in [-0.4, -0.2) is 35.9 Å². The number of hydrogen-bond acceptors (Lipinski definition) is 6. The van der Waals surface area contributed by atoms with Crippen LogP contribution in [0.2, 0.25) is 0 Å². The Morgan fingerprint density at radius 2 is 1.79 bits per heavy atom. The molecule has 0 fully saturated rings. The number of nitro groups is 1. The van der Waals surface area contributed by atoms with Crippen molar-refractivity contribution in [1.29, 1.82) is 0 Å². The molecule has 2 rings (SSSR count). The number of nitrogens with one attached hydrogen (secondary N) is 2. The highest BCUT2D eigenvalue weighted by molar-refractivity contribution is 5.96. The van der Waals surface area contributed by atoms with Crippen LogP contribution in [-0.2, 0) is 14.3 Å². The quantitative estimate of drug-likeness (QED) is 0.419. The van der Waals surface area contributed by atoms with Crippen molar-refractivity contribution in [2.24, 2.45) is 0 Å². The number of carbonyl (C=O) groups is 3. The molecule has 0 bridgehead atoms. The van der Waals surface area contributed by atoms with Crippen molar-refractivity contribution in [2.45, 2.75) is 0 Å². The summed E-state index contributed by atoms with van der Waals surface area (Å²) in [6.07, 6.45) is 0. The van der Waals surface area contributed by atoms with Crippen LogP contribution >= 0.6 is 0 Å². The second-order valence-electron chi connectivity index (χ2n) is 5.29. The highest BCUT2D eigenvalue weighted by Crippen LogP contribution is 2.21. The second-order valence-corrected chi connectivity index (χ2v) is 5.29. The summed E-state index contributed by atoms with van der Waals surface area (Å²) in [5, 5.41) is 15.0. The minimum atomic E-state index is -1.07. The Hall–Kier alpha value is -3.89. The Balaban J connectivity index is 1.80. The number of esters is 1. The lowest BCUT2D eigenvalue weighted by molar-refractivity contribution is -0.387. The van der Waals surface area contributed by atoms with Crippen LogP contribution in [0.15, 0.2) is 42.5 Å². The first kappa shape index (κ1) is 20.4. The van der Waals surface area contributed by atoms with Crippen molar-refractivity contribution < 1.29 is 32.8 Å². The fourth-order valence-electron chi connectivity index (χ4n) is 2.02. The maximum absolute atomic E-state index is 13.4. The number of hydrogen-bond donors (Lipinski definition) is 2. The largest absolute Gasteiger partial charge is 0.454 e. The number of halogens is 2. The molecule has 2 aromatic carbocycles. The molecule has 0 aliphatic carbocycles. The third-order valence-corrected chi connectivity index (χ3v) is 3.30. The molecule has 0 spiro atoms. The third-order valence-electron chi connectivity index (χ3n) is 3.30. The molecular formula is C17H13F2N3O6. The van der Waals surface area contributed by atoms with Gasteiger partial charge in [0.1, 0.15) is 12.4 Å². The summed E-state index contributed by atoms with van der Waals surface area (Å²) >= 11 is 0. The van der Waals surface area contributed by atoms with Crippen LogP contribution in [0.3, 0.4) is 0 Å². The standard InChI is InChI=1S/C17H13F2N3O6/c18-12-4-2-1-3-11(12)17(25)20-8-16(24)28-9-15(23)21-10-5-6-13(19)14(7-10)22(26)27/h1-7H,8-9H2,(H,20,25)(H,21,23). The highest BCUT2D eigenvalue weighted by atomic mass is 19.1. The Kier molecular flexibility index (Phi) is 6.68. The van der Waals surface area contributed by atoms with Crippen LogP contribution in [0.25, 0.3) is 0 Å². The van der Waals surface area contributed by atoms with E-state index in [1.807, 2.05) is 0 Å². The number of nitrogens with zero attached hydrogens (tertiary/aromatic N) is 1. The normalized spacial score (nSPS) is 10.1. The van der Waals surface area contributed by atoms with Gasteiger partial charge in [0, 0.05) is 11.8 Å². The van der Waals surface area contributed by atoms with Gasteiger partial charge in [-0.2, -0.15) is 4.39 Å². The molecule has 2 amide bonds. The molecule has 28 heavy (non-hydrogen) atoms. The smallest absolute Gasteiger partial charge is 0.325 e. The van der Waals surface area contributed by atoms with Gasteiger partial charge in [0.25, 0.3) is 11.8 Å². The highest BCUT2D eigenvalue weighted by Gasteiger charge is 2.16. The van der Waals surface area contributed by atoms with E-state index in [0.29, 0.717) is 0 Å². The van der Waals surface area contributed by atoms with Gasteiger partial charge in [-0.05, 0) is 24.3 Å². The van der Waals surface area contributed by atoms with Crippen molar-refractivity contribution >= 4 is 29.2 Å². The van der Waals surface area contributed by atoms with Gasteiger partial charge in [-0.3, -0.25) is 24.5 Å². The van der Waals surface area contributed by atoms with Gasteiger partial charge >= 0.3 is 11.7 Å². The molecule has 0 unspecified atom stereocenters. The maximum atomic E-state index is 13.4. The monoisotopic (exact) mass is 393 g/mol. The van der Waals surface area contributed by atoms with Crippen LogP contribution < -0.4 is 10.6 Å². The summed E-state index contributed by atoms with van der Waals surface area (Å²) in [7, 11) is 0. The van der Waals surface area contributed by atoms with Crippen molar-refractivity contribution in [1.82, 2.24) is 5.32 Å². The fourth-order valence-corrected chi connectivity index (χ4v) is 2.02. The SMILES string of the molecule is O=C(COC(=O)CNC(=O)c1ccccc1F)Nc1ccc(F)c([N+](=O)[O-])c1. The predicted octanol–water partition coefficient (Wildman–Crippen LogP) is 1.78. The van der Waals surface area contributed by atoms with E-state index in [0.717, 1.165) is 24.3 Å². The molecule has 0 heterocycles. The Bertz CT molecular complexity index is 935. The third kappa shape index (κ3) is 5.56. The molecule has 9 nitrogen and oxygen atoms in total. The maximum Gasteiger partial charge on any atom is 0.325 e. The molecule has 0 aromatic heterocycles. The van der Waals surface area contributed by atoms with E-state index in [4.69, 9.17) is 0 Å². The molecular weight excluding hydrogens is 380 g/mol. The number of ether oxygens (including phenoxy) is 1. The van der Waals surface area contributed by atoms with E-state index in [2.05, 4.69) is 15.4 Å². The molecule has 11 heteroatoms.